The second-order valence-electron chi connectivity index (χ2n) is 5.07. The number of hydrogen-bond donors (Lipinski definition) is 2. The molecule has 0 bridgehead atoms. The predicted molar refractivity (Wildman–Crippen MR) is 86.9 cm³/mol. The van der Waals surface area contributed by atoms with E-state index in [1.165, 1.54) is 6.08 Å². The highest BCUT2D eigenvalue weighted by Gasteiger charge is 2.24. The maximum absolute atomic E-state index is 11.9. The maximum atomic E-state index is 11.9. The van der Waals surface area contributed by atoms with Crippen LogP contribution in [0.25, 0.3) is 6.08 Å². The van der Waals surface area contributed by atoms with E-state index in [4.69, 9.17) is 5.11 Å². The lowest BCUT2D eigenvalue weighted by Gasteiger charge is -2.19. The van der Waals surface area contributed by atoms with Crippen LogP contribution in [0, 0.1) is 12.8 Å². The molecule has 0 aromatic heterocycles. The first-order valence-electron chi connectivity index (χ1n) is 6.82. The average molecular weight is 354 g/mol. The highest BCUT2D eigenvalue weighted by molar-refractivity contribution is 9.10. The van der Waals surface area contributed by atoms with E-state index in [-0.39, 0.29) is 5.92 Å². The maximum Gasteiger partial charge on any atom is 0.326 e. The SMILES string of the molecule is CC[C@H](C)[C@H](NC(=O)/C=C/c1ccc(C)cc1Br)C(=O)O. The zero-order valence-corrected chi connectivity index (χ0v) is 14.0. The molecule has 4 nitrogen and oxygen atoms in total. The van der Waals surface area contributed by atoms with Gasteiger partial charge in [0.25, 0.3) is 0 Å². The Hall–Kier alpha value is -1.62. The summed E-state index contributed by atoms with van der Waals surface area (Å²) in [5, 5.41) is 11.7. The minimum Gasteiger partial charge on any atom is -0.480 e. The van der Waals surface area contributed by atoms with Gasteiger partial charge in [-0.3, -0.25) is 4.79 Å². The highest BCUT2D eigenvalue weighted by Crippen LogP contribution is 2.19. The van der Waals surface area contributed by atoms with Crippen LogP contribution in [-0.2, 0) is 9.59 Å². The number of benzene rings is 1. The Morgan fingerprint density at radius 2 is 2.10 bits per heavy atom. The third-order valence-electron chi connectivity index (χ3n) is 3.35. The van der Waals surface area contributed by atoms with E-state index in [0.29, 0.717) is 6.42 Å². The smallest absolute Gasteiger partial charge is 0.326 e. The fourth-order valence-electron chi connectivity index (χ4n) is 1.82. The number of halogens is 1. The van der Waals surface area contributed by atoms with Crippen LogP contribution < -0.4 is 5.32 Å². The van der Waals surface area contributed by atoms with Gasteiger partial charge in [-0.1, -0.05) is 48.3 Å². The number of aliphatic carboxylic acids is 1. The minimum atomic E-state index is -1.01. The fourth-order valence-corrected chi connectivity index (χ4v) is 2.44. The summed E-state index contributed by atoms with van der Waals surface area (Å²) in [5.41, 5.74) is 1.98. The first kappa shape index (κ1) is 17.4. The zero-order chi connectivity index (χ0) is 16.0. The van der Waals surface area contributed by atoms with Crippen molar-refractivity contribution in [2.75, 3.05) is 0 Å². The number of aryl methyl sites for hydroxylation is 1. The Labute approximate surface area is 133 Å². The van der Waals surface area contributed by atoms with E-state index < -0.39 is 17.9 Å². The summed E-state index contributed by atoms with van der Waals surface area (Å²) in [5.74, 6) is -1.54. The topological polar surface area (TPSA) is 66.4 Å². The van der Waals surface area contributed by atoms with Gasteiger partial charge < -0.3 is 10.4 Å². The Balaban J connectivity index is 2.76. The quantitative estimate of drug-likeness (QED) is 0.770. The summed E-state index contributed by atoms with van der Waals surface area (Å²) in [6.45, 7) is 5.68. The van der Waals surface area contributed by atoms with Crippen molar-refractivity contribution in [2.24, 2.45) is 5.92 Å². The van der Waals surface area contributed by atoms with Gasteiger partial charge in [0.15, 0.2) is 0 Å². The van der Waals surface area contributed by atoms with E-state index in [0.717, 1.165) is 15.6 Å². The molecule has 2 N–H and O–H groups in total. The van der Waals surface area contributed by atoms with Crippen LogP contribution in [0.3, 0.4) is 0 Å². The summed E-state index contributed by atoms with van der Waals surface area (Å²) in [7, 11) is 0. The van der Waals surface area contributed by atoms with Gasteiger partial charge in [-0.25, -0.2) is 4.79 Å². The Morgan fingerprint density at radius 3 is 2.62 bits per heavy atom. The van der Waals surface area contributed by atoms with Gasteiger partial charge in [-0.15, -0.1) is 0 Å². The number of hydrogen-bond acceptors (Lipinski definition) is 2. The molecule has 0 aliphatic carbocycles. The van der Waals surface area contributed by atoms with Crippen LogP contribution in [0.4, 0.5) is 0 Å². The Bertz CT molecular complexity index is 554. The van der Waals surface area contributed by atoms with Crippen LogP contribution >= 0.6 is 15.9 Å². The third kappa shape index (κ3) is 5.34. The van der Waals surface area contributed by atoms with E-state index in [9.17, 15) is 9.59 Å². The van der Waals surface area contributed by atoms with Gasteiger partial charge >= 0.3 is 5.97 Å². The summed E-state index contributed by atoms with van der Waals surface area (Å²) in [6, 6.07) is 4.93. The lowest BCUT2D eigenvalue weighted by Crippen LogP contribution is -2.44. The van der Waals surface area contributed by atoms with E-state index in [1.807, 2.05) is 32.0 Å². The van der Waals surface area contributed by atoms with Crippen molar-refractivity contribution in [3.05, 3.63) is 39.9 Å². The second kappa shape index (κ2) is 7.98. The molecule has 1 aromatic rings. The van der Waals surface area contributed by atoms with Crippen molar-refractivity contribution in [1.82, 2.24) is 5.32 Å². The molecule has 0 heterocycles. The molecule has 5 heteroatoms. The zero-order valence-electron chi connectivity index (χ0n) is 12.4. The normalized spacial score (nSPS) is 13.9. The van der Waals surface area contributed by atoms with Crippen LogP contribution in [0.5, 0.6) is 0 Å². The molecular formula is C16H20BrNO3. The predicted octanol–water partition coefficient (Wildman–Crippen LogP) is 3.39. The van der Waals surface area contributed by atoms with E-state index in [2.05, 4.69) is 21.2 Å². The van der Waals surface area contributed by atoms with Crippen LogP contribution in [0.1, 0.15) is 31.4 Å². The molecule has 114 valence electrons. The van der Waals surface area contributed by atoms with Crippen LogP contribution in [0.2, 0.25) is 0 Å². The standard InChI is InChI=1S/C16H20BrNO3/c1-4-11(3)15(16(20)21)18-14(19)8-7-12-6-5-10(2)9-13(12)17/h5-9,11,15H,4H2,1-3H3,(H,18,19)(H,20,21)/b8-7+/t11-,15-/m0/s1. The summed E-state index contributed by atoms with van der Waals surface area (Å²) < 4.78 is 0.892. The van der Waals surface area contributed by atoms with Crippen LogP contribution in [0.15, 0.2) is 28.7 Å². The highest BCUT2D eigenvalue weighted by atomic mass is 79.9. The number of carboxylic acid groups (broad SMARTS) is 1. The molecule has 0 saturated heterocycles. The summed E-state index contributed by atoms with van der Waals surface area (Å²) in [6.07, 6.45) is 3.70. The monoisotopic (exact) mass is 353 g/mol. The number of nitrogens with one attached hydrogen (secondary N) is 1. The molecule has 0 aliphatic rings. The lowest BCUT2D eigenvalue weighted by atomic mass is 9.99. The molecule has 21 heavy (non-hydrogen) atoms. The molecule has 1 aromatic carbocycles. The van der Waals surface area contributed by atoms with Gasteiger partial charge in [-0.2, -0.15) is 0 Å². The molecule has 0 radical (unpaired) electrons. The largest absolute Gasteiger partial charge is 0.480 e. The molecule has 0 aliphatic heterocycles. The van der Waals surface area contributed by atoms with Crippen molar-refractivity contribution in [3.8, 4) is 0 Å². The van der Waals surface area contributed by atoms with Crippen molar-refractivity contribution < 1.29 is 14.7 Å². The molecule has 0 spiro atoms. The molecule has 1 amide bonds. The number of carboxylic acids is 1. The minimum absolute atomic E-state index is 0.119. The molecule has 0 unspecified atom stereocenters. The third-order valence-corrected chi connectivity index (χ3v) is 4.03. The van der Waals surface area contributed by atoms with Gasteiger partial charge in [0.2, 0.25) is 5.91 Å². The number of carbonyl (C=O) groups excluding carboxylic acids is 1. The first-order valence-corrected chi connectivity index (χ1v) is 7.62. The summed E-state index contributed by atoms with van der Waals surface area (Å²) in [4.78, 5) is 23.0. The molecule has 2 atom stereocenters. The van der Waals surface area contributed by atoms with Crippen molar-refractivity contribution in [3.63, 3.8) is 0 Å². The van der Waals surface area contributed by atoms with E-state index in [1.54, 1.807) is 13.0 Å². The average Bonchev–Trinajstić information content (AvgIpc) is 2.42. The molecule has 1 rings (SSSR count). The lowest BCUT2D eigenvalue weighted by molar-refractivity contribution is -0.142. The van der Waals surface area contributed by atoms with Crippen molar-refractivity contribution in [1.29, 1.82) is 0 Å². The number of amides is 1. The van der Waals surface area contributed by atoms with Crippen molar-refractivity contribution >= 4 is 33.9 Å². The second-order valence-corrected chi connectivity index (χ2v) is 5.92. The summed E-state index contributed by atoms with van der Waals surface area (Å²) >= 11 is 3.43. The van der Waals surface area contributed by atoms with Gasteiger partial charge in [-0.05, 0) is 36.1 Å². The number of rotatable bonds is 6. The Kier molecular flexibility index (Phi) is 6.62. The Morgan fingerprint density at radius 1 is 1.43 bits per heavy atom. The molecule has 0 fully saturated rings. The molecule has 0 saturated carbocycles. The van der Waals surface area contributed by atoms with Gasteiger partial charge in [0, 0.05) is 10.5 Å². The van der Waals surface area contributed by atoms with E-state index >= 15 is 0 Å². The van der Waals surface area contributed by atoms with Gasteiger partial charge in [0.1, 0.15) is 6.04 Å². The molecular weight excluding hydrogens is 334 g/mol. The van der Waals surface area contributed by atoms with Crippen LogP contribution in [-0.4, -0.2) is 23.0 Å². The fraction of sp³-hybridized carbons (Fsp3) is 0.375. The first-order chi connectivity index (χ1) is 9.85. The van der Waals surface area contributed by atoms with Gasteiger partial charge in [0.05, 0.1) is 0 Å². The van der Waals surface area contributed by atoms with Crippen molar-refractivity contribution in [2.45, 2.75) is 33.2 Å². The number of carbonyl (C=O) groups is 2.